The molecule has 0 amide bonds. The molecule has 0 bridgehead atoms. The van der Waals surface area contributed by atoms with Gasteiger partial charge < -0.3 is 14.9 Å². The van der Waals surface area contributed by atoms with Gasteiger partial charge in [-0.15, -0.1) is 0 Å². The van der Waals surface area contributed by atoms with Crippen LogP contribution in [-0.4, -0.2) is 17.3 Å². The molecule has 3 nitrogen and oxygen atoms in total. The van der Waals surface area contributed by atoms with Crippen LogP contribution in [0.4, 0.5) is 0 Å². The van der Waals surface area contributed by atoms with Crippen molar-refractivity contribution in [3.8, 4) is 17.2 Å². The van der Waals surface area contributed by atoms with Crippen molar-refractivity contribution in [1.82, 2.24) is 0 Å². The Balaban J connectivity index is 2.91. The number of aryl methyl sites for hydroxylation is 1. The molecule has 1 aromatic rings. The maximum absolute atomic E-state index is 9.38. The number of benzene rings is 1. The Kier molecular flexibility index (Phi) is 3.63. The number of aromatic hydroxyl groups is 2. The molecule has 2 N–H and O–H groups in total. The number of phenols is 2. The summed E-state index contributed by atoms with van der Waals surface area (Å²) in [5.74, 6) is 0.0271. The molecule has 14 heavy (non-hydrogen) atoms. The minimum atomic E-state index is -0.187. The molecule has 0 aromatic heterocycles. The number of hydrogen-bond donors (Lipinski definition) is 2. The van der Waals surface area contributed by atoms with Gasteiger partial charge in [-0.2, -0.15) is 0 Å². The van der Waals surface area contributed by atoms with E-state index in [2.05, 4.69) is 6.92 Å². The van der Waals surface area contributed by atoms with E-state index in [0.29, 0.717) is 5.75 Å². The number of ether oxygens (including phenoxy) is 1. The monoisotopic (exact) mass is 196 g/mol. The third-order valence-corrected chi connectivity index (χ3v) is 2.15. The van der Waals surface area contributed by atoms with E-state index < -0.39 is 0 Å². The molecule has 0 unspecified atom stereocenters. The zero-order chi connectivity index (χ0) is 10.6. The lowest BCUT2D eigenvalue weighted by atomic mass is 10.1. The van der Waals surface area contributed by atoms with Crippen LogP contribution in [0.1, 0.15) is 25.3 Å². The third kappa shape index (κ3) is 2.31. The van der Waals surface area contributed by atoms with E-state index in [9.17, 15) is 10.2 Å². The quantitative estimate of drug-likeness (QED) is 0.727. The maximum Gasteiger partial charge on any atom is 0.200 e. The summed E-state index contributed by atoms with van der Waals surface area (Å²) in [5, 5.41) is 18.8. The molecule has 0 spiro atoms. The van der Waals surface area contributed by atoms with Gasteiger partial charge in [0.15, 0.2) is 11.5 Å². The number of unbranched alkanes of at least 4 members (excludes halogenated alkanes) is 1. The number of phenolic OH excluding ortho intramolecular Hbond substituents is 2. The first-order chi connectivity index (χ1) is 6.69. The highest BCUT2D eigenvalue weighted by Crippen LogP contribution is 2.36. The SMILES string of the molecule is CCCCc1cc(O)c(O)c(OC)c1. The van der Waals surface area contributed by atoms with Gasteiger partial charge in [-0.05, 0) is 30.5 Å². The van der Waals surface area contributed by atoms with Crippen molar-refractivity contribution in [3.63, 3.8) is 0 Å². The fourth-order valence-electron chi connectivity index (χ4n) is 1.33. The lowest BCUT2D eigenvalue weighted by Crippen LogP contribution is -1.89. The fraction of sp³-hybridized carbons (Fsp3) is 0.455. The predicted molar refractivity (Wildman–Crippen MR) is 54.9 cm³/mol. The van der Waals surface area contributed by atoms with Gasteiger partial charge in [0, 0.05) is 0 Å². The molecule has 3 heteroatoms. The molecule has 0 aliphatic heterocycles. The van der Waals surface area contributed by atoms with Crippen LogP contribution in [-0.2, 0) is 6.42 Å². The van der Waals surface area contributed by atoms with Crippen LogP contribution in [0.2, 0.25) is 0 Å². The highest BCUT2D eigenvalue weighted by molar-refractivity contribution is 5.51. The smallest absolute Gasteiger partial charge is 0.200 e. The largest absolute Gasteiger partial charge is 0.504 e. The first-order valence-corrected chi connectivity index (χ1v) is 4.77. The second-order valence-corrected chi connectivity index (χ2v) is 3.27. The average Bonchev–Trinajstić information content (AvgIpc) is 2.19. The zero-order valence-electron chi connectivity index (χ0n) is 8.58. The molecular formula is C11H16O3. The van der Waals surface area contributed by atoms with Crippen molar-refractivity contribution in [3.05, 3.63) is 17.7 Å². The Bertz CT molecular complexity index is 308. The van der Waals surface area contributed by atoms with Gasteiger partial charge in [-0.1, -0.05) is 13.3 Å². The molecule has 78 valence electrons. The molecule has 1 aromatic carbocycles. The minimum Gasteiger partial charge on any atom is -0.504 e. The van der Waals surface area contributed by atoms with Crippen LogP contribution >= 0.6 is 0 Å². The van der Waals surface area contributed by atoms with E-state index >= 15 is 0 Å². The summed E-state index contributed by atoms with van der Waals surface area (Å²) in [6.45, 7) is 2.11. The average molecular weight is 196 g/mol. The summed E-state index contributed by atoms with van der Waals surface area (Å²) in [5.41, 5.74) is 0.985. The van der Waals surface area contributed by atoms with Crippen molar-refractivity contribution >= 4 is 0 Å². The topological polar surface area (TPSA) is 49.7 Å². The van der Waals surface area contributed by atoms with E-state index in [1.807, 2.05) is 0 Å². The van der Waals surface area contributed by atoms with E-state index in [-0.39, 0.29) is 11.5 Å². The lowest BCUT2D eigenvalue weighted by molar-refractivity contribution is 0.350. The van der Waals surface area contributed by atoms with Gasteiger partial charge in [0.25, 0.3) is 0 Å². The maximum atomic E-state index is 9.38. The predicted octanol–water partition coefficient (Wildman–Crippen LogP) is 2.45. The molecule has 0 saturated heterocycles. The second kappa shape index (κ2) is 4.74. The van der Waals surface area contributed by atoms with Crippen LogP contribution in [0, 0.1) is 0 Å². The summed E-state index contributed by atoms with van der Waals surface area (Å²) in [6, 6.07) is 3.33. The van der Waals surface area contributed by atoms with Crippen LogP contribution < -0.4 is 4.74 Å². The van der Waals surface area contributed by atoms with Gasteiger partial charge >= 0.3 is 0 Å². The van der Waals surface area contributed by atoms with Gasteiger partial charge in [0.2, 0.25) is 5.75 Å². The van der Waals surface area contributed by atoms with Crippen LogP contribution in [0.3, 0.4) is 0 Å². The van der Waals surface area contributed by atoms with Gasteiger partial charge in [-0.25, -0.2) is 0 Å². The Labute approximate surface area is 84.0 Å². The van der Waals surface area contributed by atoms with Crippen molar-refractivity contribution < 1.29 is 14.9 Å². The first-order valence-electron chi connectivity index (χ1n) is 4.77. The van der Waals surface area contributed by atoms with Crippen LogP contribution in [0.15, 0.2) is 12.1 Å². The molecule has 0 fully saturated rings. The normalized spacial score (nSPS) is 10.1. The lowest BCUT2D eigenvalue weighted by Gasteiger charge is -2.08. The summed E-state index contributed by atoms with van der Waals surface area (Å²) in [7, 11) is 1.47. The van der Waals surface area contributed by atoms with Crippen LogP contribution in [0.5, 0.6) is 17.2 Å². The summed E-state index contributed by atoms with van der Waals surface area (Å²) in [4.78, 5) is 0. The Morgan fingerprint density at radius 1 is 1.29 bits per heavy atom. The van der Waals surface area contributed by atoms with Crippen molar-refractivity contribution in [1.29, 1.82) is 0 Å². The number of rotatable bonds is 4. The summed E-state index contributed by atoms with van der Waals surface area (Å²) in [6.07, 6.45) is 3.05. The fourth-order valence-corrected chi connectivity index (χ4v) is 1.33. The second-order valence-electron chi connectivity index (χ2n) is 3.27. The minimum absolute atomic E-state index is 0.115. The third-order valence-electron chi connectivity index (χ3n) is 2.15. The molecule has 0 radical (unpaired) electrons. The molecular weight excluding hydrogens is 180 g/mol. The van der Waals surface area contributed by atoms with Gasteiger partial charge in [0.1, 0.15) is 0 Å². The van der Waals surface area contributed by atoms with Crippen LogP contribution in [0.25, 0.3) is 0 Å². The molecule has 0 aliphatic rings. The Hall–Kier alpha value is -1.38. The zero-order valence-corrected chi connectivity index (χ0v) is 8.58. The summed E-state index contributed by atoms with van der Waals surface area (Å²) >= 11 is 0. The number of hydrogen-bond acceptors (Lipinski definition) is 3. The van der Waals surface area contributed by atoms with Gasteiger partial charge in [0.05, 0.1) is 7.11 Å². The van der Waals surface area contributed by atoms with Crippen molar-refractivity contribution in [2.45, 2.75) is 26.2 Å². The Morgan fingerprint density at radius 2 is 2.00 bits per heavy atom. The Morgan fingerprint density at radius 3 is 2.57 bits per heavy atom. The standard InChI is InChI=1S/C11H16O3/c1-3-4-5-8-6-9(12)11(13)10(7-8)14-2/h6-7,12-13H,3-5H2,1-2H3. The molecule has 0 aliphatic carbocycles. The van der Waals surface area contributed by atoms with Crippen molar-refractivity contribution in [2.24, 2.45) is 0 Å². The highest BCUT2D eigenvalue weighted by Gasteiger charge is 2.08. The number of methoxy groups -OCH3 is 1. The van der Waals surface area contributed by atoms with E-state index in [4.69, 9.17) is 4.74 Å². The first kappa shape index (κ1) is 10.7. The van der Waals surface area contributed by atoms with Gasteiger partial charge in [-0.3, -0.25) is 0 Å². The summed E-state index contributed by atoms with van der Waals surface area (Å²) < 4.78 is 4.94. The molecule has 1 rings (SSSR count). The highest BCUT2D eigenvalue weighted by atomic mass is 16.5. The van der Waals surface area contributed by atoms with E-state index in [1.54, 1.807) is 12.1 Å². The van der Waals surface area contributed by atoms with E-state index in [1.165, 1.54) is 7.11 Å². The van der Waals surface area contributed by atoms with Crippen molar-refractivity contribution in [2.75, 3.05) is 7.11 Å². The molecule has 0 heterocycles. The van der Waals surface area contributed by atoms with E-state index in [0.717, 1.165) is 24.8 Å². The molecule has 0 saturated carbocycles. The molecule has 0 atom stereocenters.